The van der Waals surface area contributed by atoms with Crippen molar-refractivity contribution in [3.05, 3.63) is 41.7 Å². The van der Waals surface area contributed by atoms with Crippen LogP contribution in [0.25, 0.3) is 0 Å². The fraction of sp³-hybridized carbons (Fsp3) is 0.231. The van der Waals surface area contributed by atoms with Crippen molar-refractivity contribution in [3.63, 3.8) is 0 Å². The minimum absolute atomic E-state index is 0.427. The third-order valence-corrected chi connectivity index (χ3v) is 3.02. The molecule has 0 unspecified atom stereocenters. The molecule has 1 aliphatic carbocycles. The summed E-state index contributed by atoms with van der Waals surface area (Å²) in [7, 11) is 0. The lowest BCUT2D eigenvalue weighted by Crippen LogP contribution is -1.98. The normalized spacial score (nSPS) is 13.4. The van der Waals surface area contributed by atoms with Crippen LogP contribution < -0.4 is 11.1 Å². The van der Waals surface area contributed by atoms with E-state index in [0.717, 1.165) is 5.69 Å². The van der Waals surface area contributed by atoms with Crippen LogP contribution in [-0.4, -0.2) is 9.97 Å². The summed E-state index contributed by atoms with van der Waals surface area (Å²) in [6, 6.07) is 6.45. The van der Waals surface area contributed by atoms with Crippen LogP contribution in [-0.2, 0) is 12.8 Å². The lowest BCUT2D eigenvalue weighted by atomic mass is 10.1. The van der Waals surface area contributed by atoms with Crippen molar-refractivity contribution in [1.29, 1.82) is 0 Å². The topological polar surface area (TPSA) is 63.8 Å². The first kappa shape index (κ1) is 10.1. The molecule has 0 bridgehead atoms. The monoisotopic (exact) mass is 226 g/mol. The minimum atomic E-state index is 0.427. The number of rotatable bonds is 2. The van der Waals surface area contributed by atoms with Gasteiger partial charge in [0.2, 0.25) is 0 Å². The fourth-order valence-electron chi connectivity index (χ4n) is 2.24. The predicted octanol–water partition coefficient (Wildman–Crippen LogP) is 2.29. The van der Waals surface area contributed by atoms with E-state index in [1.807, 2.05) is 0 Å². The van der Waals surface area contributed by atoms with E-state index in [1.165, 1.54) is 36.6 Å². The summed E-state index contributed by atoms with van der Waals surface area (Å²) in [4.78, 5) is 8.17. The van der Waals surface area contributed by atoms with Crippen molar-refractivity contribution in [1.82, 2.24) is 9.97 Å². The maximum atomic E-state index is 5.59. The van der Waals surface area contributed by atoms with Gasteiger partial charge >= 0.3 is 0 Å². The number of hydrogen-bond donors (Lipinski definition) is 2. The highest BCUT2D eigenvalue weighted by Gasteiger charge is 2.10. The number of aromatic nitrogens is 2. The Morgan fingerprint density at radius 2 is 2.00 bits per heavy atom. The Kier molecular flexibility index (Phi) is 2.40. The van der Waals surface area contributed by atoms with Gasteiger partial charge in [-0.2, -0.15) is 0 Å². The molecule has 0 radical (unpaired) electrons. The number of benzene rings is 1. The summed E-state index contributed by atoms with van der Waals surface area (Å²) < 4.78 is 0. The Morgan fingerprint density at radius 1 is 1.12 bits per heavy atom. The first-order valence-corrected chi connectivity index (χ1v) is 5.77. The van der Waals surface area contributed by atoms with Gasteiger partial charge < -0.3 is 11.1 Å². The van der Waals surface area contributed by atoms with Gasteiger partial charge in [0.25, 0.3) is 0 Å². The van der Waals surface area contributed by atoms with Crippen LogP contribution in [0, 0.1) is 0 Å². The molecule has 17 heavy (non-hydrogen) atoms. The molecule has 1 aromatic heterocycles. The zero-order chi connectivity index (χ0) is 11.7. The highest BCUT2D eigenvalue weighted by molar-refractivity contribution is 5.59. The van der Waals surface area contributed by atoms with Gasteiger partial charge in [0.15, 0.2) is 5.82 Å². The maximum absolute atomic E-state index is 5.59. The van der Waals surface area contributed by atoms with Crippen LogP contribution in [0.2, 0.25) is 0 Å². The number of fused-ring (bicyclic) bond motifs is 1. The molecule has 1 aliphatic rings. The van der Waals surface area contributed by atoms with Crippen LogP contribution in [0.15, 0.2) is 30.6 Å². The van der Waals surface area contributed by atoms with Gasteiger partial charge in [-0.25, -0.2) is 4.98 Å². The van der Waals surface area contributed by atoms with E-state index in [1.54, 1.807) is 6.20 Å². The summed E-state index contributed by atoms with van der Waals surface area (Å²) >= 11 is 0. The Bertz CT molecular complexity index is 551. The molecule has 0 aliphatic heterocycles. The smallest absolute Gasteiger partial charge is 0.151 e. The summed E-state index contributed by atoms with van der Waals surface area (Å²) in [5.74, 6) is 1.11. The average molecular weight is 226 g/mol. The number of nitrogens with zero attached hydrogens (tertiary/aromatic N) is 2. The molecule has 3 rings (SSSR count). The largest absolute Gasteiger partial charge is 0.382 e. The second kappa shape index (κ2) is 4.05. The molecule has 0 atom stereocenters. The molecule has 4 nitrogen and oxygen atoms in total. The molecule has 0 saturated carbocycles. The van der Waals surface area contributed by atoms with Gasteiger partial charge in [0.05, 0.1) is 12.4 Å². The van der Waals surface area contributed by atoms with Crippen LogP contribution >= 0.6 is 0 Å². The average Bonchev–Trinajstić information content (AvgIpc) is 2.76. The molecular formula is C13H14N4. The van der Waals surface area contributed by atoms with Gasteiger partial charge in [-0.15, -0.1) is 0 Å². The van der Waals surface area contributed by atoms with Gasteiger partial charge in [-0.3, -0.25) is 4.98 Å². The highest BCUT2D eigenvalue weighted by Crippen LogP contribution is 2.26. The molecule has 86 valence electrons. The SMILES string of the molecule is Nc1cncc(Nc2ccc3c(c2)CCC3)n1. The van der Waals surface area contributed by atoms with Crippen molar-refractivity contribution in [2.75, 3.05) is 11.1 Å². The summed E-state index contributed by atoms with van der Waals surface area (Å²) in [6.45, 7) is 0. The molecule has 4 heteroatoms. The number of nitrogens with two attached hydrogens (primary N) is 1. The van der Waals surface area contributed by atoms with E-state index in [0.29, 0.717) is 11.6 Å². The van der Waals surface area contributed by atoms with E-state index >= 15 is 0 Å². The molecular weight excluding hydrogens is 212 g/mol. The van der Waals surface area contributed by atoms with E-state index in [9.17, 15) is 0 Å². The van der Waals surface area contributed by atoms with Gasteiger partial charge in [0.1, 0.15) is 5.82 Å². The van der Waals surface area contributed by atoms with E-state index in [2.05, 4.69) is 33.5 Å². The predicted molar refractivity (Wildman–Crippen MR) is 68.2 cm³/mol. The van der Waals surface area contributed by atoms with Crippen LogP contribution in [0.5, 0.6) is 0 Å². The third kappa shape index (κ3) is 2.06. The molecule has 2 aromatic rings. The zero-order valence-corrected chi connectivity index (χ0v) is 9.48. The standard InChI is InChI=1S/C13H14N4/c14-12-7-15-8-13(17-12)16-11-5-4-9-2-1-3-10(9)6-11/h4-8H,1-3H2,(H3,14,16,17). The fourth-order valence-corrected chi connectivity index (χ4v) is 2.24. The van der Waals surface area contributed by atoms with Crippen molar-refractivity contribution in [2.24, 2.45) is 0 Å². The lowest BCUT2D eigenvalue weighted by molar-refractivity contribution is 0.912. The number of aryl methyl sites for hydroxylation is 2. The Balaban J connectivity index is 1.86. The second-order valence-corrected chi connectivity index (χ2v) is 4.29. The molecule has 0 amide bonds. The molecule has 0 saturated heterocycles. The summed E-state index contributed by atoms with van der Waals surface area (Å²) in [5, 5.41) is 3.22. The quantitative estimate of drug-likeness (QED) is 0.824. The number of nitrogen functional groups attached to an aromatic ring is 1. The van der Waals surface area contributed by atoms with Crippen LogP contribution in [0.1, 0.15) is 17.5 Å². The Labute approximate surface area is 99.9 Å². The van der Waals surface area contributed by atoms with Crippen LogP contribution in [0.4, 0.5) is 17.3 Å². The summed E-state index contributed by atoms with van der Waals surface area (Å²) in [6.07, 6.45) is 6.84. The van der Waals surface area contributed by atoms with E-state index in [-0.39, 0.29) is 0 Å². The molecule has 3 N–H and O–H groups in total. The van der Waals surface area contributed by atoms with E-state index in [4.69, 9.17) is 5.73 Å². The maximum Gasteiger partial charge on any atom is 0.151 e. The molecule has 0 spiro atoms. The summed E-state index contributed by atoms with van der Waals surface area (Å²) in [5.41, 5.74) is 9.54. The third-order valence-electron chi connectivity index (χ3n) is 3.02. The molecule has 1 aromatic carbocycles. The first-order valence-electron chi connectivity index (χ1n) is 5.77. The second-order valence-electron chi connectivity index (χ2n) is 4.29. The van der Waals surface area contributed by atoms with E-state index < -0.39 is 0 Å². The molecule has 0 fully saturated rings. The first-order chi connectivity index (χ1) is 8.31. The lowest BCUT2D eigenvalue weighted by Gasteiger charge is -2.07. The number of hydrogen-bond acceptors (Lipinski definition) is 4. The number of anilines is 3. The van der Waals surface area contributed by atoms with Crippen LogP contribution in [0.3, 0.4) is 0 Å². The van der Waals surface area contributed by atoms with Gasteiger partial charge in [-0.05, 0) is 42.5 Å². The minimum Gasteiger partial charge on any atom is -0.382 e. The van der Waals surface area contributed by atoms with Crippen molar-refractivity contribution in [2.45, 2.75) is 19.3 Å². The van der Waals surface area contributed by atoms with Crippen molar-refractivity contribution < 1.29 is 0 Å². The zero-order valence-electron chi connectivity index (χ0n) is 9.48. The Hall–Kier alpha value is -2.10. The number of nitrogens with one attached hydrogen (secondary N) is 1. The Morgan fingerprint density at radius 3 is 2.88 bits per heavy atom. The van der Waals surface area contributed by atoms with Crippen molar-refractivity contribution in [3.8, 4) is 0 Å². The highest BCUT2D eigenvalue weighted by atomic mass is 15.0. The van der Waals surface area contributed by atoms with Gasteiger partial charge in [-0.1, -0.05) is 6.07 Å². The molecule has 1 heterocycles. The van der Waals surface area contributed by atoms with Crippen molar-refractivity contribution >= 4 is 17.3 Å². The van der Waals surface area contributed by atoms with Gasteiger partial charge in [0, 0.05) is 5.69 Å².